The molecular formula is C36H42N6O4. The summed E-state index contributed by atoms with van der Waals surface area (Å²) in [6.07, 6.45) is 0. The molecule has 0 fully saturated rings. The summed E-state index contributed by atoms with van der Waals surface area (Å²) in [5.41, 5.74) is 10.1. The Labute approximate surface area is 269 Å². The second-order valence-electron chi connectivity index (χ2n) is 11.3. The number of methoxy groups -OCH3 is 1. The van der Waals surface area contributed by atoms with Crippen molar-refractivity contribution in [2.45, 2.75) is 55.4 Å². The van der Waals surface area contributed by atoms with E-state index in [-0.39, 0.29) is 17.2 Å². The molecule has 3 N–H and O–H groups in total. The Kier molecular flexibility index (Phi) is 10.2. The SMILES string of the molecule is COc1ccc(-n2nc(C)cc2C)c(O)c1.Cc1cc(C)n(-c2c(C)cccc2O)n1.Cc1ccc(-n2nc(C)cc2C)c(O)c1. The highest BCUT2D eigenvalue weighted by Gasteiger charge is 2.11. The van der Waals surface area contributed by atoms with E-state index in [4.69, 9.17) is 4.74 Å². The van der Waals surface area contributed by atoms with Crippen LogP contribution in [-0.2, 0) is 0 Å². The molecule has 46 heavy (non-hydrogen) atoms. The van der Waals surface area contributed by atoms with Crippen LogP contribution >= 0.6 is 0 Å². The third kappa shape index (κ3) is 7.58. The molecule has 6 aromatic rings. The predicted octanol–water partition coefficient (Wildman–Crippen LogP) is 7.21. The summed E-state index contributed by atoms with van der Waals surface area (Å²) in [5.74, 6) is 1.32. The Morgan fingerprint density at radius 2 is 1.00 bits per heavy atom. The number of aromatic nitrogens is 6. The molecule has 0 amide bonds. The fourth-order valence-corrected chi connectivity index (χ4v) is 5.14. The van der Waals surface area contributed by atoms with Crippen molar-refractivity contribution in [3.63, 3.8) is 0 Å². The summed E-state index contributed by atoms with van der Waals surface area (Å²) in [6.45, 7) is 15.6. The lowest BCUT2D eigenvalue weighted by Gasteiger charge is -2.09. The number of hydrogen-bond donors (Lipinski definition) is 3. The smallest absolute Gasteiger partial charge is 0.144 e. The second-order valence-corrected chi connectivity index (χ2v) is 11.3. The molecule has 0 saturated carbocycles. The minimum atomic E-state index is 0.158. The molecule has 10 nitrogen and oxygen atoms in total. The third-order valence-electron chi connectivity index (χ3n) is 7.23. The van der Waals surface area contributed by atoms with Gasteiger partial charge in [0.1, 0.15) is 40.1 Å². The summed E-state index contributed by atoms with van der Waals surface area (Å²) in [6, 6.07) is 22.2. The lowest BCUT2D eigenvalue weighted by Crippen LogP contribution is -2.01. The second kappa shape index (κ2) is 14.1. The monoisotopic (exact) mass is 622 g/mol. The van der Waals surface area contributed by atoms with Crippen molar-refractivity contribution in [1.82, 2.24) is 29.3 Å². The van der Waals surface area contributed by atoms with Crippen molar-refractivity contribution in [2.24, 2.45) is 0 Å². The van der Waals surface area contributed by atoms with E-state index >= 15 is 0 Å². The van der Waals surface area contributed by atoms with Gasteiger partial charge in [-0.25, -0.2) is 14.0 Å². The minimum Gasteiger partial charge on any atom is -0.506 e. The summed E-state index contributed by atoms with van der Waals surface area (Å²) < 4.78 is 10.3. The number of ether oxygens (including phenoxy) is 1. The molecule has 0 radical (unpaired) electrons. The van der Waals surface area contributed by atoms with Crippen LogP contribution in [0.25, 0.3) is 17.1 Å². The van der Waals surface area contributed by atoms with E-state index in [1.54, 1.807) is 51.5 Å². The van der Waals surface area contributed by atoms with Gasteiger partial charge in [-0.05, 0) is 115 Å². The van der Waals surface area contributed by atoms with Crippen molar-refractivity contribution in [3.05, 3.63) is 118 Å². The summed E-state index contributed by atoms with van der Waals surface area (Å²) in [7, 11) is 1.57. The largest absolute Gasteiger partial charge is 0.506 e. The van der Waals surface area contributed by atoms with Gasteiger partial charge in [-0.1, -0.05) is 18.2 Å². The Balaban J connectivity index is 0.000000157. The highest BCUT2D eigenvalue weighted by atomic mass is 16.5. The lowest BCUT2D eigenvalue weighted by molar-refractivity contribution is 0.407. The van der Waals surface area contributed by atoms with E-state index in [0.717, 1.165) is 56.7 Å². The summed E-state index contributed by atoms with van der Waals surface area (Å²) in [4.78, 5) is 0. The van der Waals surface area contributed by atoms with Gasteiger partial charge >= 0.3 is 0 Å². The van der Waals surface area contributed by atoms with Crippen LogP contribution in [0.5, 0.6) is 23.0 Å². The highest BCUT2D eigenvalue weighted by molar-refractivity contribution is 5.52. The van der Waals surface area contributed by atoms with Gasteiger partial charge < -0.3 is 20.1 Å². The van der Waals surface area contributed by atoms with Gasteiger partial charge in [-0.2, -0.15) is 15.3 Å². The zero-order valence-corrected chi connectivity index (χ0v) is 27.9. The number of para-hydroxylation sites is 1. The van der Waals surface area contributed by atoms with Gasteiger partial charge in [-0.3, -0.25) is 0 Å². The lowest BCUT2D eigenvalue weighted by atomic mass is 10.2. The maximum absolute atomic E-state index is 9.87. The fraction of sp³-hybridized carbons (Fsp3) is 0.250. The van der Waals surface area contributed by atoms with Crippen LogP contribution in [0, 0.1) is 55.4 Å². The molecule has 0 bridgehead atoms. The van der Waals surface area contributed by atoms with E-state index in [1.807, 2.05) is 97.9 Å². The molecule has 0 aliphatic rings. The average molecular weight is 623 g/mol. The molecule has 0 spiro atoms. The van der Waals surface area contributed by atoms with Gasteiger partial charge in [-0.15, -0.1) is 0 Å². The molecule has 240 valence electrons. The Morgan fingerprint density at radius 1 is 0.522 bits per heavy atom. The summed E-state index contributed by atoms with van der Waals surface area (Å²) >= 11 is 0. The van der Waals surface area contributed by atoms with Gasteiger partial charge in [0.2, 0.25) is 0 Å². The van der Waals surface area contributed by atoms with Crippen LogP contribution in [0.1, 0.15) is 45.3 Å². The quantitative estimate of drug-likeness (QED) is 0.190. The minimum absolute atomic E-state index is 0.158. The third-order valence-corrected chi connectivity index (χ3v) is 7.23. The molecule has 0 atom stereocenters. The fourth-order valence-electron chi connectivity index (χ4n) is 5.14. The topological polar surface area (TPSA) is 123 Å². The van der Waals surface area contributed by atoms with Crippen LogP contribution in [0.3, 0.4) is 0 Å². The van der Waals surface area contributed by atoms with Crippen LogP contribution in [0.15, 0.2) is 72.8 Å². The molecule has 6 rings (SSSR count). The predicted molar refractivity (Wildman–Crippen MR) is 180 cm³/mol. The standard InChI is InChI=1S/C12H14N2O2.2C12H14N2O/c1-8-6-9(2)14(13-8)11-5-4-10(16-3)7-12(11)15;1-8-4-5-11(12(15)6-8)14-10(3)7-9(2)13-14;1-8-5-4-6-11(15)12(8)14-10(3)7-9(2)13-14/h4-7,15H,1-3H3;2*4-7,15H,1-3H3. The average Bonchev–Trinajstić information content (AvgIpc) is 3.62. The Bertz CT molecular complexity index is 1950. The maximum Gasteiger partial charge on any atom is 0.144 e. The number of nitrogens with zero attached hydrogens (tertiary/aromatic N) is 6. The first-order valence-electron chi connectivity index (χ1n) is 14.8. The molecule has 3 aromatic carbocycles. The van der Waals surface area contributed by atoms with Crippen LogP contribution in [-0.4, -0.2) is 51.8 Å². The van der Waals surface area contributed by atoms with E-state index in [1.165, 1.54) is 0 Å². The van der Waals surface area contributed by atoms with Crippen molar-refractivity contribution < 1.29 is 20.1 Å². The summed E-state index contributed by atoms with van der Waals surface area (Å²) in [5, 5.41) is 42.5. The van der Waals surface area contributed by atoms with E-state index in [0.29, 0.717) is 11.4 Å². The number of hydrogen-bond acceptors (Lipinski definition) is 7. The number of phenolic OH excluding ortho intramolecular Hbond substituents is 3. The molecular weight excluding hydrogens is 580 g/mol. The van der Waals surface area contributed by atoms with E-state index in [9.17, 15) is 15.3 Å². The number of phenols is 3. The van der Waals surface area contributed by atoms with Crippen molar-refractivity contribution in [3.8, 4) is 40.1 Å². The van der Waals surface area contributed by atoms with Crippen LogP contribution in [0.4, 0.5) is 0 Å². The van der Waals surface area contributed by atoms with Gasteiger partial charge in [0.05, 0.1) is 24.2 Å². The molecule has 0 aliphatic heterocycles. The molecule has 3 heterocycles. The Morgan fingerprint density at radius 3 is 1.41 bits per heavy atom. The van der Waals surface area contributed by atoms with Crippen LogP contribution < -0.4 is 4.74 Å². The normalized spacial score (nSPS) is 10.5. The molecule has 10 heteroatoms. The Hall–Kier alpha value is -5.51. The number of rotatable bonds is 4. The van der Waals surface area contributed by atoms with E-state index < -0.39 is 0 Å². The van der Waals surface area contributed by atoms with Gasteiger partial charge in [0.25, 0.3) is 0 Å². The number of benzene rings is 3. The zero-order valence-electron chi connectivity index (χ0n) is 27.9. The molecule has 0 unspecified atom stereocenters. The number of aryl methyl sites for hydroxylation is 8. The molecule has 0 aliphatic carbocycles. The number of aromatic hydroxyl groups is 3. The van der Waals surface area contributed by atoms with E-state index in [2.05, 4.69) is 15.3 Å². The first-order chi connectivity index (χ1) is 21.8. The molecule has 0 saturated heterocycles. The zero-order chi connectivity index (χ0) is 33.7. The first kappa shape index (κ1) is 33.4. The van der Waals surface area contributed by atoms with Crippen molar-refractivity contribution in [1.29, 1.82) is 0 Å². The van der Waals surface area contributed by atoms with Crippen molar-refractivity contribution in [2.75, 3.05) is 7.11 Å². The molecule has 3 aromatic heterocycles. The van der Waals surface area contributed by atoms with Gasteiger partial charge in [0, 0.05) is 23.1 Å². The van der Waals surface area contributed by atoms with Crippen molar-refractivity contribution >= 4 is 0 Å². The highest BCUT2D eigenvalue weighted by Crippen LogP contribution is 2.28. The van der Waals surface area contributed by atoms with Crippen LogP contribution in [0.2, 0.25) is 0 Å². The maximum atomic E-state index is 9.87. The van der Waals surface area contributed by atoms with Gasteiger partial charge in [0.15, 0.2) is 0 Å². The first-order valence-corrected chi connectivity index (χ1v) is 14.8.